The number of halogens is 2. The fourth-order valence-corrected chi connectivity index (χ4v) is 3.01. The summed E-state index contributed by atoms with van der Waals surface area (Å²) in [5, 5.41) is 12.4. The molecule has 3 rings (SSSR count). The Morgan fingerprint density at radius 3 is 2.88 bits per heavy atom. The van der Waals surface area contributed by atoms with Gasteiger partial charge in [-0.15, -0.1) is 0 Å². The number of aliphatic hydroxyl groups excluding tert-OH is 1. The van der Waals surface area contributed by atoms with Crippen LogP contribution in [0.15, 0.2) is 36.8 Å². The molecule has 25 heavy (non-hydrogen) atoms. The van der Waals surface area contributed by atoms with Gasteiger partial charge in [-0.25, -0.2) is 13.8 Å². The van der Waals surface area contributed by atoms with Gasteiger partial charge in [-0.05, 0) is 6.07 Å². The molecule has 6 nitrogen and oxygen atoms in total. The number of carbonyl (C=O) groups is 1. The second-order valence-corrected chi connectivity index (χ2v) is 6.02. The molecule has 1 aromatic carbocycles. The van der Waals surface area contributed by atoms with Crippen LogP contribution in [0.25, 0.3) is 0 Å². The third-order valence-corrected chi connectivity index (χ3v) is 4.29. The van der Waals surface area contributed by atoms with Gasteiger partial charge >= 0.3 is 0 Å². The highest BCUT2D eigenvalue weighted by molar-refractivity contribution is 5.92. The summed E-state index contributed by atoms with van der Waals surface area (Å²) < 4.78 is 27.2. The second kappa shape index (κ2) is 7.62. The van der Waals surface area contributed by atoms with E-state index in [2.05, 4.69) is 15.3 Å². The fraction of sp³-hybridized carbons (Fsp3) is 0.353. The Hall–Kier alpha value is -2.45. The minimum atomic E-state index is -0.886. The number of carbonyl (C=O) groups excluding carboxylic acids is 1. The molecule has 0 unspecified atom stereocenters. The van der Waals surface area contributed by atoms with Gasteiger partial charge in [-0.1, -0.05) is 12.1 Å². The Labute approximate surface area is 143 Å². The van der Waals surface area contributed by atoms with Crippen LogP contribution in [-0.4, -0.2) is 51.6 Å². The summed E-state index contributed by atoms with van der Waals surface area (Å²) in [6, 6.07) is 3.75. The molecule has 0 spiro atoms. The van der Waals surface area contributed by atoms with Gasteiger partial charge < -0.3 is 10.4 Å². The van der Waals surface area contributed by atoms with Crippen LogP contribution >= 0.6 is 0 Å². The van der Waals surface area contributed by atoms with Crippen molar-refractivity contribution in [2.75, 3.05) is 19.7 Å². The van der Waals surface area contributed by atoms with Crippen LogP contribution in [0.1, 0.15) is 16.1 Å². The minimum Gasteiger partial charge on any atom is -0.396 e. The van der Waals surface area contributed by atoms with Crippen molar-refractivity contribution in [1.29, 1.82) is 0 Å². The van der Waals surface area contributed by atoms with E-state index in [0.717, 1.165) is 6.07 Å². The van der Waals surface area contributed by atoms with Gasteiger partial charge in [0.25, 0.3) is 5.91 Å². The highest BCUT2D eigenvalue weighted by Crippen LogP contribution is 2.21. The van der Waals surface area contributed by atoms with E-state index in [0.29, 0.717) is 13.1 Å². The Morgan fingerprint density at radius 1 is 1.32 bits per heavy atom. The van der Waals surface area contributed by atoms with Crippen molar-refractivity contribution in [1.82, 2.24) is 20.2 Å². The third kappa shape index (κ3) is 3.97. The molecule has 1 amide bonds. The molecule has 1 aromatic heterocycles. The van der Waals surface area contributed by atoms with Crippen molar-refractivity contribution in [3.05, 3.63) is 59.7 Å². The molecule has 1 fully saturated rings. The zero-order valence-electron chi connectivity index (χ0n) is 13.4. The van der Waals surface area contributed by atoms with Crippen LogP contribution < -0.4 is 5.32 Å². The standard InChI is InChI=1S/C17H18F2N4O2/c18-13-3-1-2-11(16(13)19)7-23-8-12(10-24)15(9-23)22-17(25)14-6-20-4-5-21-14/h1-6,12,15,24H,7-10H2,(H,22,25)/t12-,15+/m0/s1. The topological polar surface area (TPSA) is 78.4 Å². The van der Waals surface area contributed by atoms with Crippen LogP contribution in [0.2, 0.25) is 0 Å². The van der Waals surface area contributed by atoms with Gasteiger partial charge in [-0.3, -0.25) is 14.7 Å². The summed E-state index contributed by atoms with van der Waals surface area (Å²) >= 11 is 0. The van der Waals surface area contributed by atoms with Crippen molar-refractivity contribution < 1.29 is 18.7 Å². The normalized spacial score (nSPS) is 20.6. The van der Waals surface area contributed by atoms with Gasteiger partial charge in [0.1, 0.15) is 5.69 Å². The molecule has 0 bridgehead atoms. The van der Waals surface area contributed by atoms with Gasteiger partial charge in [0.2, 0.25) is 0 Å². The summed E-state index contributed by atoms with van der Waals surface area (Å²) in [5.41, 5.74) is 0.436. The molecule has 1 aliphatic heterocycles. The summed E-state index contributed by atoms with van der Waals surface area (Å²) in [7, 11) is 0. The van der Waals surface area contributed by atoms with Gasteiger partial charge in [0, 0.05) is 56.2 Å². The average molecular weight is 348 g/mol. The van der Waals surface area contributed by atoms with E-state index < -0.39 is 11.6 Å². The monoisotopic (exact) mass is 348 g/mol. The van der Waals surface area contributed by atoms with E-state index >= 15 is 0 Å². The molecular weight excluding hydrogens is 330 g/mol. The lowest BCUT2D eigenvalue weighted by Crippen LogP contribution is -2.41. The number of aliphatic hydroxyl groups is 1. The molecule has 0 radical (unpaired) electrons. The molecule has 0 saturated carbocycles. The SMILES string of the molecule is O=C(N[C@@H]1CN(Cc2cccc(F)c2F)C[C@H]1CO)c1cnccn1. The first kappa shape index (κ1) is 17.4. The lowest BCUT2D eigenvalue weighted by molar-refractivity contribution is 0.0915. The average Bonchev–Trinajstić information content (AvgIpc) is 3.01. The number of nitrogens with zero attached hydrogens (tertiary/aromatic N) is 3. The zero-order chi connectivity index (χ0) is 17.8. The molecular formula is C17H18F2N4O2. The molecule has 0 aliphatic carbocycles. The summed E-state index contributed by atoms with van der Waals surface area (Å²) in [4.78, 5) is 21.9. The Morgan fingerprint density at radius 2 is 2.16 bits per heavy atom. The van der Waals surface area contributed by atoms with Crippen molar-refractivity contribution in [2.45, 2.75) is 12.6 Å². The van der Waals surface area contributed by atoms with Gasteiger partial charge in [0.15, 0.2) is 11.6 Å². The Kier molecular flexibility index (Phi) is 5.30. The van der Waals surface area contributed by atoms with Crippen LogP contribution in [0, 0.1) is 17.6 Å². The van der Waals surface area contributed by atoms with E-state index in [-0.39, 0.29) is 42.3 Å². The Bertz CT molecular complexity index is 745. The smallest absolute Gasteiger partial charge is 0.271 e. The van der Waals surface area contributed by atoms with Crippen LogP contribution in [0.5, 0.6) is 0 Å². The first-order valence-corrected chi connectivity index (χ1v) is 7.91. The number of hydrogen-bond donors (Lipinski definition) is 2. The quantitative estimate of drug-likeness (QED) is 0.842. The van der Waals surface area contributed by atoms with Crippen LogP contribution in [0.3, 0.4) is 0 Å². The van der Waals surface area contributed by atoms with Crippen molar-refractivity contribution in [3.8, 4) is 0 Å². The van der Waals surface area contributed by atoms with Gasteiger partial charge in [-0.2, -0.15) is 0 Å². The summed E-state index contributed by atoms with van der Waals surface area (Å²) in [5.74, 6) is -2.33. The predicted molar refractivity (Wildman–Crippen MR) is 85.5 cm³/mol. The lowest BCUT2D eigenvalue weighted by atomic mass is 10.1. The molecule has 2 heterocycles. The number of benzene rings is 1. The summed E-state index contributed by atoms with van der Waals surface area (Å²) in [6.07, 6.45) is 4.25. The van der Waals surface area contributed by atoms with E-state index in [1.54, 1.807) is 0 Å². The molecule has 132 valence electrons. The summed E-state index contributed by atoms with van der Waals surface area (Å²) in [6.45, 7) is 0.982. The van der Waals surface area contributed by atoms with Crippen molar-refractivity contribution in [3.63, 3.8) is 0 Å². The molecule has 2 atom stereocenters. The lowest BCUT2D eigenvalue weighted by Gasteiger charge is -2.18. The number of likely N-dealkylation sites (tertiary alicyclic amines) is 1. The largest absolute Gasteiger partial charge is 0.396 e. The first-order chi connectivity index (χ1) is 12.1. The van der Waals surface area contributed by atoms with E-state index in [1.165, 1.54) is 30.7 Å². The zero-order valence-corrected chi connectivity index (χ0v) is 13.4. The minimum absolute atomic E-state index is 0.118. The number of amides is 1. The molecule has 2 aromatic rings. The number of hydrogen-bond acceptors (Lipinski definition) is 5. The first-order valence-electron chi connectivity index (χ1n) is 7.91. The molecule has 2 N–H and O–H groups in total. The van der Waals surface area contributed by atoms with Crippen molar-refractivity contribution >= 4 is 5.91 Å². The van der Waals surface area contributed by atoms with Gasteiger partial charge in [0.05, 0.1) is 6.20 Å². The Balaban J connectivity index is 1.66. The van der Waals surface area contributed by atoms with Crippen molar-refractivity contribution in [2.24, 2.45) is 5.92 Å². The second-order valence-electron chi connectivity index (χ2n) is 6.02. The highest BCUT2D eigenvalue weighted by atomic mass is 19.2. The molecule has 8 heteroatoms. The predicted octanol–water partition coefficient (Wildman–Crippen LogP) is 0.977. The maximum atomic E-state index is 13.8. The maximum Gasteiger partial charge on any atom is 0.271 e. The van der Waals surface area contributed by atoms with Crippen LogP contribution in [-0.2, 0) is 6.54 Å². The number of aromatic nitrogens is 2. The highest BCUT2D eigenvalue weighted by Gasteiger charge is 2.34. The number of nitrogens with one attached hydrogen (secondary N) is 1. The number of rotatable bonds is 5. The maximum absolute atomic E-state index is 13.8. The molecule has 1 aliphatic rings. The van der Waals surface area contributed by atoms with E-state index in [1.807, 2.05) is 4.90 Å². The third-order valence-electron chi connectivity index (χ3n) is 4.29. The molecule has 1 saturated heterocycles. The van der Waals surface area contributed by atoms with E-state index in [4.69, 9.17) is 0 Å². The van der Waals surface area contributed by atoms with E-state index in [9.17, 15) is 18.7 Å². The van der Waals surface area contributed by atoms with Crippen LogP contribution in [0.4, 0.5) is 8.78 Å². The fourth-order valence-electron chi connectivity index (χ4n) is 3.01.